The number of imidazole rings is 1. The largest absolute Gasteiger partial charge is 0.368 e. The monoisotopic (exact) mass is 360 g/mol. The van der Waals surface area contributed by atoms with E-state index in [2.05, 4.69) is 32.7 Å². The van der Waals surface area contributed by atoms with Gasteiger partial charge in [-0.15, -0.1) is 0 Å². The second-order valence-corrected chi connectivity index (χ2v) is 5.21. The maximum atomic E-state index is 5.96. The Balaban J connectivity index is 2.28. The minimum absolute atomic E-state index is 0.371. The molecule has 1 aromatic heterocycles. The van der Waals surface area contributed by atoms with E-state index in [9.17, 15) is 0 Å². The normalized spacial score (nSPS) is 11.2. The average molecular weight is 361 g/mol. The van der Waals surface area contributed by atoms with Gasteiger partial charge in [0.05, 0.1) is 18.1 Å². The Hall–Kier alpha value is -1.08. The van der Waals surface area contributed by atoms with Crippen LogP contribution in [-0.4, -0.2) is 15.9 Å². The van der Waals surface area contributed by atoms with Crippen molar-refractivity contribution in [1.29, 1.82) is 0 Å². The van der Waals surface area contributed by atoms with Crippen molar-refractivity contribution in [3.63, 3.8) is 0 Å². The zero-order valence-electron chi connectivity index (χ0n) is 9.06. The molecule has 0 aliphatic rings. The highest BCUT2D eigenvalue weighted by molar-refractivity contribution is 14.1. The highest BCUT2D eigenvalue weighted by atomic mass is 127. The number of halogens is 2. The van der Waals surface area contributed by atoms with Crippen LogP contribution >= 0.6 is 34.2 Å². The summed E-state index contributed by atoms with van der Waals surface area (Å²) in [5.41, 5.74) is 7.43. The third-order valence-corrected chi connectivity index (χ3v) is 2.89. The standard InChI is InChI=1S/C11H10ClIN4/c1-7-6-17(11(14)16-7)15-5-8-2-9(12)4-10(13)3-8/h2-6H,1H3,(H2,14,16). The maximum Gasteiger partial charge on any atom is 0.221 e. The predicted molar refractivity (Wildman–Crippen MR) is 78.5 cm³/mol. The highest BCUT2D eigenvalue weighted by Gasteiger charge is 1.99. The second-order valence-electron chi connectivity index (χ2n) is 3.53. The van der Waals surface area contributed by atoms with Gasteiger partial charge in [0, 0.05) is 8.59 Å². The van der Waals surface area contributed by atoms with Gasteiger partial charge in [0.2, 0.25) is 5.95 Å². The molecule has 17 heavy (non-hydrogen) atoms. The summed E-state index contributed by atoms with van der Waals surface area (Å²) in [4.78, 5) is 4.06. The first-order chi connectivity index (χ1) is 8.04. The maximum absolute atomic E-state index is 5.96. The summed E-state index contributed by atoms with van der Waals surface area (Å²) < 4.78 is 2.59. The molecule has 2 N–H and O–H groups in total. The van der Waals surface area contributed by atoms with E-state index in [1.807, 2.05) is 25.1 Å². The first-order valence-corrected chi connectivity index (χ1v) is 6.32. The van der Waals surface area contributed by atoms with Gasteiger partial charge >= 0.3 is 0 Å². The molecule has 0 spiro atoms. The van der Waals surface area contributed by atoms with Crippen LogP contribution in [0.5, 0.6) is 0 Å². The third kappa shape index (κ3) is 3.19. The summed E-state index contributed by atoms with van der Waals surface area (Å²) in [5.74, 6) is 0.371. The zero-order chi connectivity index (χ0) is 12.4. The summed E-state index contributed by atoms with van der Waals surface area (Å²) in [6.07, 6.45) is 3.47. The lowest BCUT2D eigenvalue weighted by atomic mass is 10.2. The molecular formula is C11H10ClIN4. The molecule has 1 aromatic carbocycles. The number of anilines is 1. The van der Waals surface area contributed by atoms with Crippen LogP contribution in [0.4, 0.5) is 5.95 Å². The fourth-order valence-corrected chi connectivity index (χ4v) is 2.50. The number of nitrogen functional groups attached to an aromatic ring is 1. The number of nitrogens with two attached hydrogens (primary N) is 1. The number of aromatic nitrogens is 2. The van der Waals surface area contributed by atoms with E-state index in [0.717, 1.165) is 14.8 Å². The molecule has 88 valence electrons. The van der Waals surface area contributed by atoms with Gasteiger partial charge in [-0.05, 0) is 53.3 Å². The van der Waals surface area contributed by atoms with E-state index in [1.165, 1.54) is 4.68 Å². The Kier molecular flexibility index (Phi) is 3.68. The van der Waals surface area contributed by atoms with Crippen molar-refractivity contribution in [2.24, 2.45) is 5.10 Å². The SMILES string of the molecule is Cc1cn(N=Cc2cc(Cl)cc(I)c2)c(N)n1. The number of hydrogen-bond acceptors (Lipinski definition) is 3. The summed E-state index contributed by atoms with van der Waals surface area (Å²) in [7, 11) is 0. The Morgan fingerprint density at radius 2 is 2.24 bits per heavy atom. The van der Waals surface area contributed by atoms with Crippen molar-refractivity contribution >= 4 is 46.4 Å². The summed E-state index contributed by atoms with van der Waals surface area (Å²) in [5, 5.41) is 4.91. The number of benzene rings is 1. The van der Waals surface area contributed by atoms with E-state index in [-0.39, 0.29) is 0 Å². The zero-order valence-corrected chi connectivity index (χ0v) is 12.0. The Morgan fingerprint density at radius 3 is 2.82 bits per heavy atom. The van der Waals surface area contributed by atoms with Gasteiger partial charge in [0.15, 0.2) is 0 Å². The summed E-state index contributed by atoms with van der Waals surface area (Å²) in [6, 6.07) is 5.71. The van der Waals surface area contributed by atoms with E-state index < -0.39 is 0 Å². The molecule has 0 bridgehead atoms. The lowest BCUT2D eigenvalue weighted by Crippen LogP contribution is -1.97. The topological polar surface area (TPSA) is 56.2 Å². The van der Waals surface area contributed by atoms with Crippen molar-refractivity contribution in [3.05, 3.63) is 44.2 Å². The molecule has 0 atom stereocenters. The molecule has 2 aromatic rings. The average Bonchev–Trinajstić information content (AvgIpc) is 2.53. The van der Waals surface area contributed by atoms with Crippen molar-refractivity contribution in [3.8, 4) is 0 Å². The van der Waals surface area contributed by atoms with Crippen molar-refractivity contribution in [2.45, 2.75) is 6.92 Å². The van der Waals surface area contributed by atoms with Crippen LogP contribution < -0.4 is 5.73 Å². The lowest BCUT2D eigenvalue weighted by Gasteiger charge is -1.98. The van der Waals surface area contributed by atoms with E-state index >= 15 is 0 Å². The number of rotatable bonds is 2. The minimum atomic E-state index is 0.371. The number of aryl methyl sites for hydroxylation is 1. The number of nitrogens with zero attached hydrogens (tertiary/aromatic N) is 3. The van der Waals surface area contributed by atoms with E-state index in [4.69, 9.17) is 17.3 Å². The lowest BCUT2D eigenvalue weighted by molar-refractivity contribution is 0.897. The first-order valence-electron chi connectivity index (χ1n) is 4.86. The van der Waals surface area contributed by atoms with Crippen molar-refractivity contribution in [1.82, 2.24) is 9.66 Å². The molecule has 6 heteroatoms. The Labute approximate surface area is 118 Å². The smallest absolute Gasteiger partial charge is 0.221 e. The molecule has 1 heterocycles. The van der Waals surface area contributed by atoms with Gasteiger partial charge in [-0.25, -0.2) is 9.66 Å². The van der Waals surface area contributed by atoms with Crippen LogP contribution in [0.2, 0.25) is 5.02 Å². The Bertz CT molecular complexity index is 557. The first kappa shape index (κ1) is 12.4. The third-order valence-electron chi connectivity index (χ3n) is 2.05. The molecular weight excluding hydrogens is 351 g/mol. The summed E-state index contributed by atoms with van der Waals surface area (Å²) in [6.45, 7) is 1.87. The van der Waals surface area contributed by atoms with Crippen molar-refractivity contribution < 1.29 is 0 Å². The molecule has 0 saturated heterocycles. The Morgan fingerprint density at radius 1 is 1.47 bits per heavy atom. The molecule has 0 aliphatic heterocycles. The number of hydrogen-bond donors (Lipinski definition) is 1. The molecule has 4 nitrogen and oxygen atoms in total. The van der Waals surface area contributed by atoms with Gasteiger partial charge in [-0.3, -0.25) is 0 Å². The van der Waals surface area contributed by atoms with Gasteiger partial charge in [-0.2, -0.15) is 5.10 Å². The molecule has 0 saturated carbocycles. The van der Waals surface area contributed by atoms with E-state index in [0.29, 0.717) is 11.0 Å². The van der Waals surface area contributed by atoms with Crippen LogP contribution in [0.25, 0.3) is 0 Å². The van der Waals surface area contributed by atoms with Gasteiger partial charge < -0.3 is 5.73 Å². The fraction of sp³-hybridized carbons (Fsp3) is 0.0909. The predicted octanol–water partition coefficient (Wildman–Crippen LogP) is 2.91. The minimum Gasteiger partial charge on any atom is -0.368 e. The quantitative estimate of drug-likeness (QED) is 0.661. The molecule has 0 fully saturated rings. The van der Waals surface area contributed by atoms with Gasteiger partial charge in [-0.1, -0.05) is 11.6 Å². The molecule has 2 rings (SSSR count). The van der Waals surface area contributed by atoms with Crippen LogP contribution in [0.3, 0.4) is 0 Å². The van der Waals surface area contributed by atoms with Crippen LogP contribution in [0.1, 0.15) is 11.3 Å². The van der Waals surface area contributed by atoms with Crippen LogP contribution in [0, 0.1) is 10.5 Å². The second kappa shape index (κ2) is 5.05. The highest BCUT2D eigenvalue weighted by Crippen LogP contribution is 2.15. The molecule has 0 amide bonds. The fourth-order valence-electron chi connectivity index (χ4n) is 1.37. The van der Waals surface area contributed by atoms with Crippen LogP contribution in [-0.2, 0) is 0 Å². The van der Waals surface area contributed by atoms with Gasteiger partial charge in [0.1, 0.15) is 0 Å². The van der Waals surface area contributed by atoms with Gasteiger partial charge in [0.25, 0.3) is 0 Å². The summed E-state index contributed by atoms with van der Waals surface area (Å²) >= 11 is 8.16. The molecule has 0 aliphatic carbocycles. The van der Waals surface area contributed by atoms with E-state index in [1.54, 1.807) is 12.4 Å². The molecule has 0 unspecified atom stereocenters. The van der Waals surface area contributed by atoms with Crippen LogP contribution in [0.15, 0.2) is 29.5 Å². The molecule has 0 radical (unpaired) electrons. The van der Waals surface area contributed by atoms with Crippen molar-refractivity contribution in [2.75, 3.05) is 5.73 Å².